The first kappa shape index (κ1) is 28.1. The minimum absolute atomic E-state index is 0.0738. The van der Waals surface area contributed by atoms with Crippen LogP contribution in [0.15, 0.2) is 36.5 Å². The molecule has 2 heterocycles. The van der Waals surface area contributed by atoms with Gasteiger partial charge in [0.1, 0.15) is 23.4 Å². The van der Waals surface area contributed by atoms with E-state index in [1.54, 1.807) is 18.2 Å². The van der Waals surface area contributed by atoms with Crippen LogP contribution in [0, 0.1) is 22.9 Å². The van der Waals surface area contributed by atoms with Gasteiger partial charge >= 0.3 is 0 Å². The predicted molar refractivity (Wildman–Crippen MR) is 137 cm³/mol. The molecule has 1 atom stereocenters. The van der Waals surface area contributed by atoms with Crippen molar-refractivity contribution >= 4 is 16.6 Å². The Bertz CT molecular complexity index is 1220. The number of halogens is 4. The number of fused-ring (bicyclic) bond motifs is 1. The third kappa shape index (κ3) is 6.19. The van der Waals surface area contributed by atoms with Crippen molar-refractivity contribution in [2.24, 2.45) is 5.41 Å². The normalized spacial score (nSPS) is 16.5. The molecule has 1 aliphatic heterocycles. The third-order valence-electron chi connectivity index (χ3n) is 7.60. The number of likely N-dealkylation sites (tertiary alicyclic amines) is 1. The van der Waals surface area contributed by atoms with Gasteiger partial charge in [-0.25, -0.2) is 17.6 Å². The van der Waals surface area contributed by atoms with Gasteiger partial charge in [-0.05, 0) is 62.4 Å². The highest BCUT2D eigenvalue weighted by atomic mass is 19.1. The molecule has 3 N–H and O–H groups in total. The number of aromatic nitrogens is 1. The first-order valence-corrected chi connectivity index (χ1v) is 12.7. The van der Waals surface area contributed by atoms with Gasteiger partial charge in [-0.3, -0.25) is 4.98 Å². The number of rotatable bonds is 11. The molecule has 1 saturated heterocycles. The summed E-state index contributed by atoms with van der Waals surface area (Å²) >= 11 is 0. The molecule has 0 unspecified atom stereocenters. The van der Waals surface area contributed by atoms with E-state index < -0.39 is 29.0 Å². The van der Waals surface area contributed by atoms with Gasteiger partial charge in [0.25, 0.3) is 0 Å². The third-order valence-corrected chi connectivity index (χ3v) is 7.60. The van der Waals surface area contributed by atoms with Crippen molar-refractivity contribution in [3.8, 4) is 5.75 Å². The summed E-state index contributed by atoms with van der Waals surface area (Å²) in [5, 5.41) is 23.3. The largest absolute Gasteiger partial charge is 0.497 e. The molecule has 0 amide bonds. The summed E-state index contributed by atoms with van der Waals surface area (Å²) in [6, 6.07) is 6.50. The first-order valence-electron chi connectivity index (χ1n) is 12.7. The molecule has 3 aromatic rings. The van der Waals surface area contributed by atoms with Gasteiger partial charge < -0.3 is 25.2 Å². The fraction of sp³-hybridized carbons (Fsp3) is 0.464. The van der Waals surface area contributed by atoms with Crippen LogP contribution in [0.4, 0.5) is 23.2 Å². The Morgan fingerprint density at radius 2 is 1.82 bits per heavy atom. The second-order valence-corrected chi connectivity index (χ2v) is 9.92. The quantitative estimate of drug-likeness (QED) is 0.296. The number of hydrogen-bond donors (Lipinski definition) is 3. The number of nitrogens with zero attached hydrogens (tertiary/aromatic N) is 2. The topological polar surface area (TPSA) is 77.8 Å². The summed E-state index contributed by atoms with van der Waals surface area (Å²) < 4.78 is 61.8. The van der Waals surface area contributed by atoms with Crippen LogP contribution in [-0.2, 0) is 6.61 Å². The zero-order valence-electron chi connectivity index (χ0n) is 21.3. The number of pyridine rings is 1. The zero-order chi connectivity index (χ0) is 27.3. The van der Waals surface area contributed by atoms with Gasteiger partial charge in [-0.1, -0.05) is 0 Å². The van der Waals surface area contributed by atoms with Crippen LogP contribution in [-0.4, -0.2) is 60.0 Å². The minimum atomic E-state index is -1.36. The Balaban J connectivity index is 1.35. The van der Waals surface area contributed by atoms with E-state index in [-0.39, 0.29) is 31.9 Å². The molecule has 1 fully saturated rings. The van der Waals surface area contributed by atoms with Crippen molar-refractivity contribution < 1.29 is 32.5 Å². The van der Waals surface area contributed by atoms with Crippen molar-refractivity contribution in [1.82, 2.24) is 9.88 Å². The number of benzene rings is 2. The Kier molecular flexibility index (Phi) is 9.07. The molecule has 206 valence electrons. The van der Waals surface area contributed by atoms with Crippen LogP contribution in [0.2, 0.25) is 0 Å². The van der Waals surface area contributed by atoms with Crippen molar-refractivity contribution in [1.29, 1.82) is 0 Å². The number of ether oxygens (including phenoxy) is 1. The molecule has 2 aromatic carbocycles. The maximum atomic E-state index is 15.7. The summed E-state index contributed by atoms with van der Waals surface area (Å²) in [5.74, 6) is -2.36. The second-order valence-electron chi connectivity index (χ2n) is 9.92. The van der Waals surface area contributed by atoms with E-state index in [2.05, 4.69) is 15.2 Å². The molecular formula is C28H33F4N3O3. The van der Waals surface area contributed by atoms with Gasteiger partial charge in [0.15, 0.2) is 11.6 Å². The molecular weight excluding hydrogens is 502 g/mol. The van der Waals surface area contributed by atoms with Crippen LogP contribution in [0.3, 0.4) is 0 Å². The van der Waals surface area contributed by atoms with E-state index >= 15 is 4.39 Å². The van der Waals surface area contributed by atoms with E-state index in [9.17, 15) is 23.4 Å². The summed E-state index contributed by atoms with van der Waals surface area (Å²) in [5.41, 5.74) is 0.634. The number of aliphatic hydroxyl groups excluding tert-OH is 2. The number of methoxy groups -OCH3 is 1. The monoisotopic (exact) mass is 535 g/mol. The van der Waals surface area contributed by atoms with Gasteiger partial charge in [-0.15, -0.1) is 0 Å². The van der Waals surface area contributed by atoms with Gasteiger partial charge in [-0.2, -0.15) is 0 Å². The Hall–Kier alpha value is -2.95. The van der Waals surface area contributed by atoms with Crippen molar-refractivity contribution in [3.63, 3.8) is 0 Å². The fourth-order valence-electron chi connectivity index (χ4n) is 5.22. The number of hydrogen-bond acceptors (Lipinski definition) is 6. The molecule has 0 bridgehead atoms. The minimum Gasteiger partial charge on any atom is -0.497 e. The molecule has 0 radical (unpaired) electrons. The van der Waals surface area contributed by atoms with E-state index in [0.717, 1.165) is 0 Å². The Morgan fingerprint density at radius 3 is 2.45 bits per heavy atom. The smallest absolute Gasteiger partial charge is 0.152 e. The molecule has 0 saturated carbocycles. The van der Waals surface area contributed by atoms with Gasteiger partial charge in [0, 0.05) is 54.5 Å². The van der Waals surface area contributed by atoms with Crippen LogP contribution in [0.25, 0.3) is 10.9 Å². The van der Waals surface area contributed by atoms with E-state index in [1.807, 2.05) is 0 Å². The molecule has 1 aromatic heterocycles. The molecule has 10 heteroatoms. The lowest BCUT2D eigenvalue weighted by molar-refractivity contribution is 0.0314. The number of piperidine rings is 1. The molecule has 0 spiro atoms. The average Bonchev–Trinajstić information content (AvgIpc) is 2.92. The van der Waals surface area contributed by atoms with Crippen molar-refractivity contribution in [2.75, 3.05) is 45.2 Å². The van der Waals surface area contributed by atoms with Crippen LogP contribution in [0.5, 0.6) is 5.75 Å². The molecule has 6 nitrogen and oxygen atoms in total. The number of anilines is 1. The lowest BCUT2D eigenvalue weighted by Gasteiger charge is -2.41. The number of nitrogens with one attached hydrogen (secondary N) is 1. The highest BCUT2D eigenvalue weighted by Gasteiger charge is 2.35. The van der Waals surface area contributed by atoms with E-state index in [4.69, 9.17) is 4.74 Å². The van der Waals surface area contributed by atoms with Crippen LogP contribution >= 0.6 is 0 Å². The lowest BCUT2D eigenvalue weighted by Crippen LogP contribution is -2.43. The molecule has 4 rings (SSSR count). The number of alkyl halides is 1. The summed E-state index contributed by atoms with van der Waals surface area (Å²) in [4.78, 5) is 6.44. The molecule has 0 aliphatic carbocycles. The highest BCUT2D eigenvalue weighted by Crippen LogP contribution is 2.41. The first-order chi connectivity index (χ1) is 18.3. The zero-order valence-corrected chi connectivity index (χ0v) is 21.3. The SMILES string of the molecule is COc1ccc2ncc(CO)c([C@@H](F)CCC3(CO)CCN(CCNc4c(F)cc(F)cc4F)CC3)c2c1. The van der Waals surface area contributed by atoms with Gasteiger partial charge in [0.2, 0.25) is 0 Å². The summed E-state index contributed by atoms with van der Waals surface area (Å²) in [7, 11) is 1.53. The van der Waals surface area contributed by atoms with E-state index in [0.29, 0.717) is 78.8 Å². The fourth-order valence-corrected chi connectivity index (χ4v) is 5.22. The van der Waals surface area contributed by atoms with Gasteiger partial charge in [0.05, 0.1) is 19.2 Å². The summed E-state index contributed by atoms with van der Waals surface area (Å²) in [6.07, 6.45) is 2.06. The maximum Gasteiger partial charge on any atom is 0.152 e. The lowest BCUT2D eigenvalue weighted by atomic mass is 9.74. The molecule has 38 heavy (non-hydrogen) atoms. The van der Waals surface area contributed by atoms with Crippen molar-refractivity contribution in [3.05, 3.63) is 65.1 Å². The van der Waals surface area contributed by atoms with Crippen molar-refractivity contribution in [2.45, 2.75) is 38.5 Å². The van der Waals surface area contributed by atoms with Crippen LogP contribution in [0.1, 0.15) is 43.0 Å². The maximum absolute atomic E-state index is 15.7. The highest BCUT2D eigenvalue weighted by molar-refractivity contribution is 5.85. The molecule has 1 aliphatic rings. The summed E-state index contributed by atoms with van der Waals surface area (Å²) in [6.45, 7) is 1.65. The van der Waals surface area contributed by atoms with Crippen LogP contribution < -0.4 is 10.1 Å². The average molecular weight is 536 g/mol. The standard InChI is InChI=1S/C28H33F4N3O3/c1-38-20-2-3-25-21(14-20)26(18(16-36)15-34-25)22(30)4-5-28(17-37)6-9-35(10-7-28)11-8-33-27-23(31)12-19(29)13-24(27)32/h2-3,12-15,22,33,36-37H,4-11,16-17H2,1H3/t22-/m0/s1. The second kappa shape index (κ2) is 12.3. The Labute approximate surface area is 219 Å². The predicted octanol–water partition coefficient (Wildman–Crippen LogP) is 5.13. The Morgan fingerprint density at radius 1 is 1.11 bits per heavy atom. The van der Waals surface area contributed by atoms with E-state index in [1.165, 1.54) is 13.3 Å². The number of aliphatic hydroxyl groups is 2.